The number of ether oxygens (including phenoxy) is 1. The van der Waals surface area contributed by atoms with E-state index in [0.29, 0.717) is 0 Å². The van der Waals surface area contributed by atoms with E-state index < -0.39 is 35.6 Å². The third-order valence-electron chi connectivity index (χ3n) is 3.31. The number of nitro benzene ring substituents is 1. The van der Waals surface area contributed by atoms with Crippen molar-refractivity contribution in [2.75, 3.05) is 5.32 Å². The summed E-state index contributed by atoms with van der Waals surface area (Å²) in [6.07, 6.45) is -5.94. The van der Waals surface area contributed by atoms with Crippen LogP contribution in [0.15, 0.2) is 18.2 Å². The van der Waals surface area contributed by atoms with Gasteiger partial charge in [0.25, 0.3) is 5.69 Å². The fraction of sp³-hybridized carbons (Fsp3) is 0.500. The molecule has 0 bridgehead atoms. The number of halogens is 1. The van der Waals surface area contributed by atoms with Crippen LogP contribution in [-0.2, 0) is 4.74 Å². The Labute approximate surface area is 125 Å². The van der Waals surface area contributed by atoms with Crippen molar-refractivity contribution in [2.24, 2.45) is 0 Å². The van der Waals surface area contributed by atoms with Crippen molar-refractivity contribution in [3.05, 3.63) is 33.3 Å². The van der Waals surface area contributed by atoms with Gasteiger partial charge in [0.1, 0.15) is 24.0 Å². The average molecular weight is 319 g/mol. The summed E-state index contributed by atoms with van der Waals surface area (Å²) in [6.45, 7) is 1.52. The molecule has 1 saturated heterocycles. The van der Waals surface area contributed by atoms with Crippen LogP contribution in [0.4, 0.5) is 11.4 Å². The molecule has 1 heterocycles. The minimum atomic E-state index is -1.44. The summed E-state index contributed by atoms with van der Waals surface area (Å²) in [7, 11) is 0. The van der Waals surface area contributed by atoms with E-state index in [1.54, 1.807) is 0 Å². The van der Waals surface area contributed by atoms with E-state index in [9.17, 15) is 25.4 Å². The maximum Gasteiger partial charge on any atom is 0.293 e. The monoisotopic (exact) mass is 318 g/mol. The zero-order valence-electron chi connectivity index (χ0n) is 11.0. The first-order valence-electron chi connectivity index (χ1n) is 6.21. The Morgan fingerprint density at radius 1 is 1.29 bits per heavy atom. The Morgan fingerprint density at radius 2 is 1.95 bits per heavy atom. The van der Waals surface area contributed by atoms with E-state index in [-0.39, 0.29) is 16.4 Å². The third kappa shape index (κ3) is 3.25. The van der Waals surface area contributed by atoms with Gasteiger partial charge in [0.15, 0.2) is 6.23 Å². The predicted octanol–water partition coefficient (Wildman–Crippen LogP) is 0.488. The van der Waals surface area contributed by atoms with Crippen molar-refractivity contribution >= 4 is 23.0 Å². The molecular weight excluding hydrogens is 304 g/mol. The molecule has 1 aromatic rings. The highest BCUT2D eigenvalue weighted by molar-refractivity contribution is 6.30. The summed E-state index contributed by atoms with van der Waals surface area (Å²) < 4.78 is 5.32. The number of nitro groups is 1. The summed E-state index contributed by atoms with van der Waals surface area (Å²) in [5.41, 5.74) is -0.198. The summed E-state index contributed by atoms with van der Waals surface area (Å²) in [5.74, 6) is 0. The largest absolute Gasteiger partial charge is 0.388 e. The lowest BCUT2D eigenvalue weighted by Gasteiger charge is -2.39. The predicted molar refractivity (Wildman–Crippen MR) is 74.1 cm³/mol. The van der Waals surface area contributed by atoms with Crippen LogP contribution in [-0.4, -0.2) is 50.9 Å². The van der Waals surface area contributed by atoms with Gasteiger partial charge in [-0.15, -0.1) is 0 Å². The standard InChI is InChI=1S/C12H15ClN2O6/c1-5-9(16)10(17)11(18)12(21-5)14-7-3-2-6(13)4-8(7)15(19)20/h2-5,9-12,14,16-18H,1H3/t5-,9+,10-,11+,12-/m0/s1. The van der Waals surface area contributed by atoms with Crippen LogP contribution in [0.5, 0.6) is 0 Å². The first kappa shape index (κ1) is 15.9. The minimum absolute atomic E-state index is 0.0873. The van der Waals surface area contributed by atoms with Crippen molar-refractivity contribution in [3.8, 4) is 0 Å². The number of hydrogen-bond donors (Lipinski definition) is 4. The summed E-state index contributed by atoms with van der Waals surface area (Å²) in [5, 5.41) is 43.0. The second kappa shape index (κ2) is 6.12. The zero-order chi connectivity index (χ0) is 15.7. The summed E-state index contributed by atoms with van der Waals surface area (Å²) >= 11 is 5.71. The molecule has 0 unspecified atom stereocenters. The average Bonchev–Trinajstić information content (AvgIpc) is 2.44. The van der Waals surface area contributed by atoms with Crippen LogP contribution in [0, 0.1) is 10.1 Å². The number of hydrogen-bond acceptors (Lipinski definition) is 7. The lowest BCUT2D eigenvalue weighted by atomic mass is 9.99. The third-order valence-corrected chi connectivity index (χ3v) is 3.54. The maximum atomic E-state index is 11.0. The highest BCUT2D eigenvalue weighted by Crippen LogP contribution is 2.30. The van der Waals surface area contributed by atoms with Gasteiger partial charge >= 0.3 is 0 Å². The molecule has 8 nitrogen and oxygen atoms in total. The molecule has 1 fully saturated rings. The first-order valence-corrected chi connectivity index (χ1v) is 6.59. The van der Waals surface area contributed by atoms with Crippen LogP contribution in [0.3, 0.4) is 0 Å². The molecule has 1 aliphatic rings. The van der Waals surface area contributed by atoms with Gasteiger partial charge in [0.05, 0.1) is 11.0 Å². The smallest absolute Gasteiger partial charge is 0.293 e. The highest BCUT2D eigenvalue weighted by atomic mass is 35.5. The molecule has 0 aromatic heterocycles. The minimum Gasteiger partial charge on any atom is -0.388 e. The van der Waals surface area contributed by atoms with E-state index in [4.69, 9.17) is 16.3 Å². The molecule has 5 atom stereocenters. The molecule has 9 heteroatoms. The van der Waals surface area contributed by atoms with Crippen LogP contribution < -0.4 is 5.32 Å². The van der Waals surface area contributed by atoms with Crippen LogP contribution in [0.2, 0.25) is 5.02 Å². The SMILES string of the molecule is C[C@@H]1O[C@H](Nc2ccc(Cl)cc2[N+](=O)[O-])[C@H](O)[C@@H](O)[C@@H]1O. The molecule has 0 aliphatic carbocycles. The summed E-state index contributed by atoms with van der Waals surface area (Å²) in [6, 6.07) is 3.98. The summed E-state index contributed by atoms with van der Waals surface area (Å²) in [4.78, 5) is 10.4. The number of nitrogens with one attached hydrogen (secondary N) is 1. The number of anilines is 1. The van der Waals surface area contributed by atoms with Crippen LogP contribution in [0.1, 0.15) is 6.92 Å². The van der Waals surface area contributed by atoms with E-state index in [0.717, 1.165) is 6.07 Å². The molecular formula is C12H15ClN2O6. The lowest BCUT2D eigenvalue weighted by Crippen LogP contribution is -2.58. The fourth-order valence-corrected chi connectivity index (χ4v) is 2.27. The first-order chi connectivity index (χ1) is 9.81. The maximum absolute atomic E-state index is 11.0. The number of aliphatic hydroxyl groups excluding tert-OH is 3. The number of rotatable bonds is 3. The number of nitrogens with zero attached hydrogens (tertiary/aromatic N) is 1. The van der Waals surface area contributed by atoms with Gasteiger partial charge in [-0.1, -0.05) is 11.6 Å². The van der Waals surface area contributed by atoms with Crippen molar-refractivity contribution in [1.29, 1.82) is 0 Å². The van der Waals surface area contributed by atoms with E-state index in [1.807, 2.05) is 0 Å². The Kier molecular flexibility index (Phi) is 4.64. The molecule has 4 N–H and O–H groups in total. The Morgan fingerprint density at radius 3 is 2.57 bits per heavy atom. The van der Waals surface area contributed by atoms with Crippen molar-refractivity contribution in [2.45, 2.75) is 37.6 Å². The van der Waals surface area contributed by atoms with Crippen molar-refractivity contribution in [3.63, 3.8) is 0 Å². The Bertz CT molecular complexity index is 542. The van der Waals surface area contributed by atoms with Gasteiger partial charge in [-0.2, -0.15) is 0 Å². The Hall–Kier alpha value is -1.45. The van der Waals surface area contributed by atoms with Gasteiger partial charge in [0.2, 0.25) is 0 Å². The molecule has 1 aliphatic heterocycles. The van der Waals surface area contributed by atoms with Gasteiger partial charge in [-0.05, 0) is 19.1 Å². The van der Waals surface area contributed by atoms with Gasteiger partial charge in [-0.3, -0.25) is 10.1 Å². The van der Waals surface area contributed by atoms with Gasteiger partial charge in [0, 0.05) is 11.1 Å². The second-order valence-electron chi connectivity index (χ2n) is 4.80. The molecule has 0 spiro atoms. The van der Waals surface area contributed by atoms with Crippen molar-refractivity contribution in [1.82, 2.24) is 0 Å². The van der Waals surface area contributed by atoms with Crippen LogP contribution >= 0.6 is 11.6 Å². The quantitative estimate of drug-likeness (QED) is 0.472. The fourth-order valence-electron chi connectivity index (χ4n) is 2.10. The normalized spacial score (nSPS) is 32.7. The zero-order valence-corrected chi connectivity index (χ0v) is 11.8. The van der Waals surface area contributed by atoms with Crippen molar-refractivity contribution < 1.29 is 25.0 Å². The van der Waals surface area contributed by atoms with E-state index >= 15 is 0 Å². The van der Waals surface area contributed by atoms with Crippen LogP contribution in [0.25, 0.3) is 0 Å². The topological polar surface area (TPSA) is 125 Å². The number of benzene rings is 1. The molecule has 21 heavy (non-hydrogen) atoms. The van der Waals surface area contributed by atoms with Gasteiger partial charge in [-0.25, -0.2) is 0 Å². The highest BCUT2D eigenvalue weighted by Gasteiger charge is 2.42. The molecule has 2 rings (SSSR count). The lowest BCUT2D eigenvalue weighted by molar-refractivity contribution is -0.384. The molecule has 0 radical (unpaired) electrons. The van der Waals surface area contributed by atoms with E-state index in [1.165, 1.54) is 19.1 Å². The molecule has 0 amide bonds. The molecule has 0 saturated carbocycles. The second-order valence-corrected chi connectivity index (χ2v) is 5.23. The number of aliphatic hydroxyl groups is 3. The molecule has 1 aromatic carbocycles. The Balaban J connectivity index is 2.24. The molecule has 116 valence electrons. The van der Waals surface area contributed by atoms with Gasteiger partial charge < -0.3 is 25.4 Å². The van der Waals surface area contributed by atoms with E-state index in [2.05, 4.69) is 5.32 Å².